The zero-order valence-electron chi connectivity index (χ0n) is 15.3. The fraction of sp³-hybridized carbons (Fsp3) is 0.944. The molecule has 0 bridgehead atoms. The number of hydrogen-bond acceptors (Lipinski definition) is 2. The first-order valence-corrected chi connectivity index (χ1v) is 11.1. The maximum Gasteiger partial charge on any atom is 0.200 e. The van der Waals surface area contributed by atoms with Gasteiger partial charge in [0.2, 0.25) is 0 Å². The summed E-state index contributed by atoms with van der Waals surface area (Å²) in [6.07, 6.45) is 9.01. The number of aldehydes is 1. The van der Waals surface area contributed by atoms with Gasteiger partial charge in [0, 0.05) is 13.0 Å². The minimum absolute atomic E-state index is 0.681. The molecule has 0 rings (SSSR count). The van der Waals surface area contributed by atoms with Crippen LogP contribution in [-0.4, -0.2) is 21.2 Å². The van der Waals surface area contributed by atoms with Gasteiger partial charge in [-0.05, 0) is 29.5 Å². The zero-order valence-corrected chi connectivity index (χ0v) is 16.3. The molecule has 2 nitrogen and oxygen atoms in total. The first-order chi connectivity index (χ1) is 9.89. The van der Waals surface area contributed by atoms with Crippen LogP contribution in [0.1, 0.15) is 86.5 Å². The minimum Gasteiger partial charge on any atom is -0.416 e. The van der Waals surface area contributed by atoms with E-state index in [1.54, 1.807) is 0 Å². The van der Waals surface area contributed by atoms with Crippen LogP contribution in [0.4, 0.5) is 0 Å². The molecule has 0 N–H and O–H groups in total. The molecule has 0 heterocycles. The topological polar surface area (TPSA) is 26.3 Å². The van der Waals surface area contributed by atoms with E-state index in [2.05, 4.69) is 41.5 Å². The van der Waals surface area contributed by atoms with Crippen LogP contribution in [-0.2, 0) is 9.22 Å². The van der Waals surface area contributed by atoms with E-state index in [1.165, 1.54) is 32.1 Å². The third kappa shape index (κ3) is 7.10. The van der Waals surface area contributed by atoms with Crippen molar-refractivity contribution >= 4 is 14.6 Å². The Morgan fingerprint density at radius 1 is 0.762 bits per heavy atom. The quantitative estimate of drug-likeness (QED) is 0.233. The average molecular weight is 315 g/mol. The molecule has 0 amide bonds. The lowest BCUT2D eigenvalue weighted by atomic mass is 10.1. The highest BCUT2D eigenvalue weighted by Gasteiger charge is 2.44. The van der Waals surface area contributed by atoms with Crippen molar-refractivity contribution in [3.8, 4) is 0 Å². The van der Waals surface area contributed by atoms with Crippen LogP contribution in [0.2, 0.25) is 16.6 Å². The second-order valence-corrected chi connectivity index (χ2v) is 12.7. The van der Waals surface area contributed by atoms with Crippen molar-refractivity contribution in [2.75, 3.05) is 6.61 Å². The molecule has 0 atom stereocenters. The van der Waals surface area contributed by atoms with Crippen molar-refractivity contribution in [1.82, 2.24) is 0 Å². The first-order valence-electron chi connectivity index (χ1n) is 8.97. The molecule has 0 aromatic heterocycles. The lowest BCUT2D eigenvalue weighted by Gasteiger charge is -2.42. The first kappa shape index (κ1) is 20.8. The third-order valence-corrected chi connectivity index (χ3v) is 10.9. The molecule has 21 heavy (non-hydrogen) atoms. The Hall–Kier alpha value is -0.153. The fourth-order valence-corrected chi connectivity index (χ4v) is 9.28. The fourth-order valence-electron chi connectivity index (χ4n) is 3.79. The Morgan fingerprint density at radius 2 is 1.19 bits per heavy atom. The van der Waals surface area contributed by atoms with Crippen molar-refractivity contribution < 1.29 is 9.22 Å². The Balaban J connectivity index is 3.97. The molecule has 0 aliphatic heterocycles. The molecule has 0 saturated heterocycles. The highest BCUT2D eigenvalue weighted by molar-refractivity contribution is 6.77. The molecule has 0 saturated carbocycles. The van der Waals surface area contributed by atoms with Crippen LogP contribution in [0.3, 0.4) is 0 Å². The van der Waals surface area contributed by atoms with Crippen LogP contribution < -0.4 is 0 Å². The van der Waals surface area contributed by atoms with Crippen molar-refractivity contribution in [3.05, 3.63) is 0 Å². The van der Waals surface area contributed by atoms with E-state index in [-0.39, 0.29) is 0 Å². The van der Waals surface area contributed by atoms with Gasteiger partial charge in [-0.25, -0.2) is 0 Å². The van der Waals surface area contributed by atoms with E-state index in [1.807, 2.05) is 0 Å². The molecule has 0 fully saturated rings. The van der Waals surface area contributed by atoms with E-state index in [9.17, 15) is 4.79 Å². The average Bonchev–Trinajstić information content (AvgIpc) is 2.39. The Bertz CT molecular complexity index is 240. The van der Waals surface area contributed by atoms with Crippen LogP contribution in [0.25, 0.3) is 0 Å². The lowest BCUT2D eigenvalue weighted by molar-refractivity contribution is -0.107. The molecular weight excluding hydrogens is 276 g/mol. The molecule has 0 radical (unpaired) electrons. The Morgan fingerprint density at radius 3 is 1.62 bits per heavy atom. The van der Waals surface area contributed by atoms with Gasteiger partial charge in [-0.3, -0.25) is 0 Å². The molecule has 126 valence electrons. The van der Waals surface area contributed by atoms with E-state index >= 15 is 0 Å². The smallest absolute Gasteiger partial charge is 0.200 e. The molecule has 0 aromatic carbocycles. The predicted molar refractivity (Wildman–Crippen MR) is 95.4 cm³/mol. The predicted octanol–water partition coefficient (Wildman–Crippen LogP) is 6.11. The zero-order chi connectivity index (χ0) is 16.3. The molecule has 0 aromatic rings. The summed E-state index contributed by atoms with van der Waals surface area (Å²) in [6, 6.07) is 0. The monoisotopic (exact) mass is 314 g/mol. The largest absolute Gasteiger partial charge is 0.416 e. The van der Waals surface area contributed by atoms with E-state index < -0.39 is 8.32 Å². The molecule has 0 unspecified atom stereocenters. The third-order valence-electron chi connectivity index (χ3n) is 4.78. The number of hydrogen-bond donors (Lipinski definition) is 0. The second kappa shape index (κ2) is 11.4. The molecule has 0 aliphatic rings. The van der Waals surface area contributed by atoms with E-state index in [0.717, 1.165) is 25.7 Å². The van der Waals surface area contributed by atoms with Gasteiger partial charge in [0.1, 0.15) is 6.29 Å². The van der Waals surface area contributed by atoms with Gasteiger partial charge in [-0.15, -0.1) is 0 Å². The van der Waals surface area contributed by atoms with Gasteiger partial charge in [0.25, 0.3) is 0 Å². The summed E-state index contributed by atoms with van der Waals surface area (Å²) in [5.41, 5.74) is 2.04. The molecular formula is C18H38O2Si. The normalized spacial score (nSPS) is 12.6. The summed E-state index contributed by atoms with van der Waals surface area (Å²) in [6.45, 7) is 15.0. The second-order valence-electron chi connectivity index (χ2n) is 7.24. The maximum absolute atomic E-state index is 10.2. The highest BCUT2D eigenvalue weighted by atomic mass is 28.4. The summed E-state index contributed by atoms with van der Waals surface area (Å²) < 4.78 is 6.55. The van der Waals surface area contributed by atoms with Gasteiger partial charge in [0.15, 0.2) is 8.32 Å². The summed E-state index contributed by atoms with van der Waals surface area (Å²) in [7, 11) is -1.65. The van der Waals surface area contributed by atoms with Crippen molar-refractivity contribution in [3.63, 3.8) is 0 Å². The van der Waals surface area contributed by atoms with Gasteiger partial charge in [0.05, 0.1) is 0 Å². The van der Waals surface area contributed by atoms with Crippen LogP contribution in [0.5, 0.6) is 0 Å². The summed E-state index contributed by atoms with van der Waals surface area (Å²) in [5, 5.41) is 0. The summed E-state index contributed by atoms with van der Waals surface area (Å²) >= 11 is 0. The summed E-state index contributed by atoms with van der Waals surface area (Å²) in [4.78, 5) is 10.2. The number of unbranched alkanes of at least 4 members (excludes halogenated alkanes) is 6. The Labute approximate surface area is 134 Å². The van der Waals surface area contributed by atoms with Crippen LogP contribution in [0.15, 0.2) is 0 Å². The van der Waals surface area contributed by atoms with Crippen LogP contribution in [0, 0.1) is 0 Å². The van der Waals surface area contributed by atoms with E-state index in [0.29, 0.717) is 16.6 Å². The maximum atomic E-state index is 10.2. The van der Waals surface area contributed by atoms with E-state index in [4.69, 9.17) is 4.43 Å². The standard InChI is InChI=1S/C18H38O2Si/c1-16(2)21(17(3)4,18(5)6)20-15-13-11-9-7-8-10-12-14-19/h14,16-18H,7-13,15H2,1-6H3. The van der Waals surface area contributed by atoms with Gasteiger partial charge < -0.3 is 9.22 Å². The summed E-state index contributed by atoms with van der Waals surface area (Å²) in [5.74, 6) is 0. The number of carbonyl (C=O) groups excluding carboxylic acids is 1. The van der Waals surface area contributed by atoms with Crippen LogP contribution >= 0.6 is 0 Å². The Kier molecular flexibility index (Phi) is 11.3. The minimum atomic E-state index is -1.65. The van der Waals surface area contributed by atoms with Gasteiger partial charge in [-0.2, -0.15) is 0 Å². The van der Waals surface area contributed by atoms with Crippen molar-refractivity contribution in [2.24, 2.45) is 0 Å². The molecule has 3 heteroatoms. The number of rotatable bonds is 13. The molecule has 0 aliphatic carbocycles. The number of carbonyl (C=O) groups is 1. The highest BCUT2D eigenvalue weighted by Crippen LogP contribution is 2.42. The van der Waals surface area contributed by atoms with Gasteiger partial charge in [-0.1, -0.05) is 67.2 Å². The SMILES string of the molecule is CC(C)[Si](OCCCCCCCCC=O)(C(C)C)C(C)C. The lowest BCUT2D eigenvalue weighted by Crippen LogP contribution is -2.47. The van der Waals surface area contributed by atoms with Gasteiger partial charge >= 0.3 is 0 Å². The molecule has 0 spiro atoms. The van der Waals surface area contributed by atoms with Crippen molar-refractivity contribution in [1.29, 1.82) is 0 Å². The van der Waals surface area contributed by atoms with Crippen molar-refractivity contribution in [2.45, 2.75) is 103 Å².